The van der Waals surface area contributed by atoms with Crippen molar-refractivity contribution < 1.29 is 0 Å². The molecule has 1 aromatic carbocycles. The average molecular weight is 246 g/mol. The number of benzene rings is 1. The van der Waals surface area contributed by atoms with Crippen molar-refractivity contribution in [2.75, 3.05) is 19.3 Å². The van der Waals surface area contributed by atoms with Crippen LogP contribution in [0.25, 0.3) is 0 Å². The molecule has 2 rings (SSSR count). The molecular formula is C16H26N2. The Morgan fingerprint density at radius 2 is 1.72 bits per heavy atom. The van der Waals surface area contributed by atoms with Crippen LogP contribution in [0.3, 0.4) is 0 Å². The maximum Gasteiger partial charge on any atom is 0.0314 e. The zero-order valence-corrected chi connectivity index (χ0v) is 11.9. The molecule has 2 nitrogen and oxygen atoms in total. The molecule has 0 heterocycles. The van der Waals surface area contributed by atoms with Crippen LogP contribution in [0.15, 0.2) is 24.3 Å². The molecule has 0 atom stereocenters. The first-order valence-corrected chi connectivity index (χ1v) is 7.05. The van der Waals surface area contributed by atoms with Gasteiger partial charge in [-0.3, -0.25) is 0 Å². The van der Waals surface area contributed by atoms with E-state index in [0.717, 1.165) is 18.3 Å². The zero-order chi connectivity index (χ0) is 13.2. The van der Waals surface area contributed by atoms with Crippen molar-refractivity contribution >= 4 is 5.69 Å². The summed E-state index contributed by atoms with van der Waals surface area (Å²) in [5, 5.41) is 0. The van der Waals surface area contributed by atoms with Crippen LogP contribution >= 0.6 is 0 Å². The van der Waals surface area contributed by atoms with E-state index < -0.39 is 0 Å². The monoisotopic (exact) mass is 246 g/mol. The molecule has 1 saturated carbocycles. The van der Waals surface area contributed by atoms with Gasteiger partial charge in [-0.2, -0.15) is 0 Å². The molecule has 0 amide bonds. The third-order valence-corrected chi connectivity index (χ3v) is 4.28. The average Bonchev–Trinajstić information content (AvgIpc) is 2.82. The summed E-state index contributed by atoms with van der Waals surface area (Å²) in [5.74, 6) is 0. The van der Waals surface area contributed by atoms with Crippen LogP contribution in [0.5, 0.6) is 0 Å². The van der Waals surface area contributed by atoms with Crippen LogP contribution in [0.4, 0.5) is 5.69 Å². The summed E-state index contributed by atoms with van der Waals surface area (Å²) in [4.78, 5) is 2.54. The first-order valence-electron chi connectivity index (χ1n) is 7.05. The van der Waals surface area contributed by atoms with Crippen molar-refractivity contribution in [3.05, 3.63) is 29.8 Å². The van der Waals surface area contributed by atoms with E-state index >= 15 is 0 Å². The molecule has 1 fully saturated rings. The van der Waals surface area contributed by atoms with Gasteiger partial charge in [-0.15, -0.1) is 0 Å². The standard InChI is InChI=1S/C16H26N2/c1-16(2,13-8-10-14(17)11-9-13)12-18(3)15-6-4-5-7-15/h8-11,15H,4-7,12,17H2,1-3H3. The van der Waals surface area contributed by atoms with Crippen molar-refractivity contribution in [2.24, 2.45) is 0 Å². The summed E-state index contributed by atoms with van der Waals surface area (Å²) in [7, 11) is 2.27. The van der Waals surface area contributed by atoms with Gasteiger partial charge in [0.25, 0.3) is 0 Å². The topological polar surface area (TPSA) is 29.3 Å². The van der Waals surface area contributed by atoms with E-state index in [2.05, 4.69) is 37.9 Å². The fourth-order valence-electron chi connectivity index (χ4n) is 3.12. The Kier molecular flexibility index (Phi) is 3.96. The normalized spacial score (nSPS) is 17.6. The van der Waals surface area contributed by atoms with Gasteiger partial charge in [0.1, 0.15) is 0 Å². The first kappa shape index (κ1) is 13.4. The Bertz CT molecular complexity index is 375. The van der Waals surface area contributed by atoms with E-state index in [1.165, 1.54) is 31.2 Å². The Hall–Kier alpha value is -1.02. The number of anilines is 1. The second-order valence-electron chi connectivity index (χ2n) is 6.36. The predicted molar refractivity (Wildman–Crippen MR) is 78.8 cm³/mol. The van der Waals surface area contributed by atoms with Crippen molar-refractivity contribution in [3.8, 4) is 0 Å². The lowest BCUT2D eigenvalue weighted by molar-refractivity contribution is 0.202. The molecule has 0 spiro atoms. The molecule has 1 aromatic rings. The second-order valence-corrected chi connectivity index (χ2v) is 6.36. The molecule has 0 aromatic heterocycles. The van der Waals surface area contributed by atoms with Gasteiger partial charge in [0.15, 0.2) is 0 Å². The van der Waals surface area contributed by atoms with Crippen LogP contribution in [0.2, 0.25) is 0 Å². The van der Waals surface area contributed by atoms with E-state index in [9.17, 15) is 0 Å². The summed E-state index contributed by atoms with van der Waals surface area (Å²) in [6, 6.07) is 9.13. The lowest BCUT2D eigenvalue weighted by Crippen LogP contribution is -2.39. The van der Waals surface area contributed by atoms with Gasteiger partial charge in [0, 0.05) is 23.7 Å². The number of rotatable bonds is 4. The summed E-state index contributed by atoms with van der Waals surface area (Å²) in [6.07, 6.45) is 5.54. The van der Waals surface area contributed by atoms with Crippen LogP contribution in [0, 0.1) is 0 Å². The van der Waals surface area contributed by atoms with Gasteiger partial charge in [-0.1, -0.05) is 38.8 Å². The number of hydrogen-bond donors (Lipinski definition) is 1. The molecule has 2 N–H and O–H groups in total. The molecule has 100 valence electrons. The lowest BCUT2D eigenvalue weighted by Gasteiger charge is -2.34. The molecule has 0 radical (unpaired) electrons. The number of nitrogen functional groups attached to an aromatic ring is 1. The molecule has 0 saturated heterocycles. The molecule has 0 aliphatic heterocycles. The molecule has 2 heteroatoms. The maximum atomic E-state index is 5.76. The van der Waals surface area contributed by atoms with Gasteiger partial charge >= 0.3 is 0 Å². The molecule has 0 bridgehead atoms. The van der Waals surface area contributed by atoms with Crippen molar-refractivity contribution in [2.45, 2.75) is 51.0 Å². The van der Waals surface area contributed by atoms with Crippen molar-refractivity contribution in [1.82, 2.24) is 4.90 Å². The summed E-state index contributed by atoms with van der Waals surface area (Å²) < 4.78 is 0. The zero-order valence-electron chi connectivity index (χ0n) is 11.9. The molecule has 1 aliphatic carbocycles. The SMILES string of the molecule is CN(CC(C)(C)c1ccc(N)cc1)C1CCCC1. The maximum absolute atomic E-state index is 5.76. The Morgan fingerprint density at radius 1 is 1.17 bits per heavy atom. The molecule has 18 heavy (non-hydrogen) atoms. The fourth-order valence-corrected chi connectivity index (χ4v) is 3.12. The van der Waals surface area contributed by atoms with Crippen LogP contribution in [-0.2, 0) is 5.41 Å². The van der Waals surface area contributed by atoms with Crippen LogP contribution < -0.4 is 5.73 Å². The van der Waals surface area contributed by atoms with Gasteiger partial charge in [0.05, 0.1) is 0 Å². The van der Waals surface area contributed by atoms with E-state index in [-0.39, 0.29) is 5.41 Å². The summed E-state index contributed by atoms with van der Waals surface area (Å²) in [6.45, 7) is 5.76. The largest absolute Gasteiger partial charge is 0.399 e. The Morgan fingerprint density at radius 3 is 2.28 bits per heavy atom. The second kappa shape index (κ2) is 5.31. The summed E-state index contributed by atoms with van der Waals surface area (Å²) in [5.41, 5.74) is 8.17. The Balaban J connectivity index is 2.03. The van der Waals surface area contributed by atoms with Crippen molar-refractivity contribution in [1.29, 1.82) is 0 Å². The quantitative estimate of drug-likeness (QED) is 0.825. The molecular weight excluding hydrogens is 220 g/mol. The highest BCUT2D eigenvalue weighted by Crippen LogP contribution is 2.29. The third kappa shape index (κ3) is 3.05. The smallest absolute Gasteiger partial charge is 0.0314 e. The minimum Gasteiger partial charge on any atom is -0.399 e. The predicted octanol–water partition coefficient (Wildman–Crippen LogP) is 3.42. The van der Waals surface area contributed by atoms with Crippen LogP contribution in [-0.4, -0.2) is 24.5 Å². The molecule has 1 aliphatic rings. The van der Waals surface area contributed by atoms with E-state index in [4.69, 9.17) is 5.73 Å². The van der Waals surface area contributed by atoms with Gasteiger partial charge in [-0.05, 0) is 37.6 Å². The highest BCUT2D eigenvalue weighted by atomic mass is 15.1. The van der Waals surface area contributed by atoms with E-state index in [1.54, 1.807) is 0 Å². The van der Waals surface area contributed by atoms with Gasteiger partial charge < -0.3 is 10.6 Å². The van der Waals surface area contributed by atoms with Gasteiger partial charge in [-0.25, -0.2) is 0 Å². The summed E-state index contributed by atoms with van der Waals surface area (Å²) >= 11 is 0. The van der Waals surface area contributed by atoms with Gasteiger partial charge in [0.2, 0.25) is 0 Å². The third-order valence-electron chi connectivity index (χ3n) is 4.28. The number of hydrogen-bond acceptors (Lipinski definition) is 2. The van der Waals surface area contributed by atoms with E-state index in [1.807, 2.05) is 12.1 Å². The number of likely N-dealkylation sites (N-methyl/N-ethyl adjacent to an activating group) is 1. The van der Waals surface area contributed by atoms with E-state index in [0.29, 0.717) is 0 Å². The number of nitrogens with two attached hydrogens (primary N) is 1. The molecule has 0 unspecified atom stereocenters. The highest BCUT2D eigenvalue weighted by molar-refractivity contribution is 5.41. The first-order chi connectivity index (χ1) is 8.49. The van der Waals surface area contributed by atoms with Crippen LogP contribution in [0.1, 0.15) is 45.1 Å². The highest BCUT2D eigenvalue weighted by Gasteiger charge is 2.27. The minimum absolute atomic E-state index is 0.186. The lowest BCUT2D eigenvalue weighted by atomic mass is 9.83. The minimum atomic E-state index is 0.186. The Labute approximate surface area is 111 Å². The fraction of sp³-hybridized carbons (Fsp3) is 0.625. The number of nitrogens with zero attached hydrogens (tertiary/aromatic N) is 1. The van der Waals surface area contributed by atoms with Crippen molar-refractivity contribution in [3.63, 3.8) is 0 Å².